The molecule has 1 aromatic heterocycles. The molecule has 56 heavy (non-hydrogen) atoms. The number of rotatable bonds is 5. The fourth-order valence-corrected chi connectivity index (χ4v) is 8.74. The zero-order valence-electron chi connectivity index (χ0n) is 30.3. The zero-order valence-corrected chi connectivity index (χ0v) is 30.3. The van der Waals surface area contributed by atoms with Crippen LogP contribution in [0.3, 0.4) is 0 Å². The van der Waals surface area contributed by atoms with Gasteiger partial charge in [-0.1, -0.05) is 182 Å². The van der Waals surface area contributed by atoms with Crippen molar-refractivity contribution in [2.75, 3.05) is 0 Å². The summed E-state index contributed by atoms with van der Waals surface area (Å²) in [5.74, 6) is 3.60. The fourth-order valence-electron chi connectivity index (χ4n) is 8.74. The number of ether oxygens (including phenoxy) is 1. The molecule has 0 N–H and O–H groups in total. The molecule has 0 saturated heterocycles. The van der Waals surface area contributed by atoms with Gasteiger partial charge in [-0.3, -0.25) is 0 Å². The fraction of sp³-hybridized carbons (Fsp3) is 0.0192. The van der Waals surface area contributed by atoms with Crippen molar-refractivity contribution >= 4 is 0 Å². The number of hydrogen-bond donors (Lipinski definition) is 0. The van der Waals surface area contributed by atoms with E-state index in [1.165, 1.54) is 44.5 Å². The van der Waals surface area contributed by atoms with Gasteiger partial charge in [0.15, 0.2) is 17.5 Å². The molecule has 1 spiro atoms. The Hall–Kier alpha value is -7.43. The van der Waals surface area contributed by atoms with Crippen molar-refractivity contribution in [1.82, 2.24) is 15.0 Å². The highest BCUT2D eigenvalue weighted by atomic mass is 16.5. The van der Waals surface area contributed by atoms with E-state index >= 15 is 0 Å². The van der Waals surface area contributed by atoms with Gasteiger partial charge < -0.3 is 4.74 Å². The number of fused-ring (bicyclic) bond motifs is 9. The van der Waals surface area contributed by atoms with Crippen molar-refractivity contribution in [2.45, 2.75) is 5.41 Å². The van der Waals surface area contributed by atoms with Crippen LogP contribution in [0.4, 0.5) is 0 Å². The Bertz CT molecular complexity index is 2820. The largest absolute Gasteiger partial charge is 0.457 e. The van der Waals surface area contributed by atoms with E-state index in [1.807, 2.05) is 60.7 Å². The van der Waals surface area contributed by atoms with Crippen LogP contribution in [0.15, 0.2) is 200 Å². The second-order valence-corrected chi connectivity index (χ2v) is 14.3. The van der Waals surface area contributed by atoms with Crippen LogP contribution in [0.5, 0.6) is 11.5 Å². The maximum atomic E-state index is 6.68. The molecule has 0 fully saturated rings. The lowest BCUT2D eigenvalue weighted by Crippen LogP contribution is -2.32. The third kappa shape index (κ3) is 4.96. The molecule has 1 aliphatic heterocycles. The van der Waals surface area contributed by atoms with E-state index < -0.39 is 5.41 Å². The van der Waals surface area contributed by atoms with E-state index in [1.54, 1.807) is 0 Å². The third-order valence-corrected chi connectivity index (χ3v) is 11.2. The number of hydrogen-bond acceptors (Lipinski definition) is 4. The Balaban J connectivity index is 1.18. The first-order valence-electron chi connectivity index (χ1n) is 18.9. The normalized spacial score (nSPS) is 12.9. The van der Waals surface area contributed by atoms with Crippen LogP contribution in [0.1, 0.15) is 22.3 Å². The molecule has 4 nitrogen and oxygen atoms in total. The van der Waals surface area contributed by atoms with E-state index in [2.05, 4.69) is 140 Å². The molecule has 0 bridgehead atoms. The van der Waals surface area contributed by atoms with Crippen molar-refractivity contribution in [1.29, 1.82) is 0 Å². The molecule has 1 aliphatic carbocycles. The Kier molecular flexibility index (Phi) is 7.36. The van der Waals surface area contributed by atoms with Crippen LogP contribution < -0.4 is 4.74 Å². The molecule has 9 aromatic rings. The first kappa shape index (κ1) is 32.0. The summed E-state index contributed by atoms with van der Waals surface area (Å²) >= 11 is 0. The Morgan fingerprint density at radius 3 is 1.34 bits per heavy atom. The molecule has 0 radical (unpaired) electrons. The van der Waals surface area contributed by atoms with Crippen LogP contribution in [0.25, 0.3) is 67.5 Å². The minimum Gasteiger partial charge on any atom is -0.457 e. The Morgan fingerprint density at radius 1 is 0.304 bits per heavy atom. The number of nitrogens with zero attached hydrogens (tertiary/aromatic N) is 3. The zero-order chi connectivity index (χ0) is 37.1. The van der Waals surface area contributed by atoms with Crippen LogP contribution in [-0.2, 0) is 5.41 Å². The van der Waals surface area contributed by atoms with E-state index in [0.29, 0.717) is 17.5 Å². The minimum atomic E-state index is -0.663. The molecule has 2 heterocycles. The SMILES string of the molecule is c1ccc(-c2ccc(-c3cccc4c3-c3ccc(-c5nc(-c6ccccc6)nc(-c6ccccc6)n5)cc3C43c4ccccc4Oc4ccccc43)cc2)cc1. The second kappa shape index (κ2) is 12.9. The first-order chi connectivity index (χ1) is 27.8. The van der Waals surface area contributed by atoms with Gasteiger partial charge in [-0.2, -0.15) is 0 Å². The predicted molar refractivity (Wildman–Crippen MR) is 224 cm³/mol. The van der Waals surface area contributed by atoms with Crippen LogP contribution >= 0.6 is 0 Å². The molecule has 0 atom stereocenters. The monoisotopic (exact) mass is 715 g/mol. The topological polar surface area (TPSA) is 47.9 Å². The molecule has 262 valence electrons. The average molecular weight is 716 g/mol. The smallest absolute Gasteiger partial charge is 0.164 e. The number of benzene rings is 8. The van der Waals surface area contributed by atoms with E-state index in [9.17, 15) is 0 Å². The lowest BCUT2D eigenvalue weighted by Gasteiger charge is -2.39. The summed E-state index contributed by atoms with van der Waals surface area (Å²) in [5.41, 5.74) is 13.9. The standard InChI is InChI=1S/C52H33N3O/c1-4-15-34(16-5-1)35-27-29-36(30-28-35)40-21-14-24-44-48(40)41-32-31-39(33-45(41)52(44)42-22-10-12-25-46(42)56-47-26-13-11-23-43(47)52)51-54-49(37-17-6-2-7-18-37)53-50(55-51)38-19-8-3-9-20-38/h1-33H. The summed E-state index contributed by atoms with van der Waals surface area (Å²) in [7, 11) is 0. The molecule has 11 rings (SSSR count). The van der Waals surface area contributed by atoms with Gasteiger partial charge in [-0.15, -0.1) is 0 Å². The van der Waals surface area contributed by atoms with E-state index in [4.69, 9.17) is 19.7 Å². The highest BCUT2D eigenvalue weighted by Crippen LogP contribution is 2.63. The van der Waals surface area contributed by atoms with Crippen molar-refractivity contribution in [3.63, 3.8) is 0 Å². The minimum absolute atomic E-state index is 0.622. The van der Waals surface area contributed by atoms with E-state index in [0.717, 1.165) is 39.3 Å². The van der Waals surface area contributed by atoms with Crippen molar-refractivity contribution in [2.24, 2.45) is 0 Å². The lowest BCUT2D eigenvalue weighted by molar-refractivity contribution is 0.436. The molecule has 0 amide bonds. The van der Waals surface area contributed by atoms with Gasteiger partial charge in [0.1, 0.15) is 11.5 Å². The second-order valence-electron chi connectivity index (χ2n) is 14.3. The Morgan fingerprint density at radius 2 is 0.750 bits per heavy atom. The highest BCUT2D eigenvalue weighted by Gasteiger charge is 2.51. The maximum Gasteiger partial charge on any atom is 0.164 e. The van der Waals surface area contributed by atoms with Crippen molar-refractivity contribution in [3.8, 4) is 79.0 Å². The maximum absolute atomic E-state index is 6.68. The van der Waals surface area contributed by atoms with Gasteiger partial charge in [0.05, 0.1) is 5.41 Å². The van der Waals surface area contributed by atoms with Crippen molar-refractivity contribution in [3.05, 3.63) is 222 Å². The van der Waals surface area contributed by atoms with Gasteiger partial charge in [-0.25, -0.2) is 15.0 Å². The quantitative estimate of drug-likeness (QED) is 0.178. The van der Waals surface area contributed by atoms with Gasteiger partial charge in [0.25, 0.3) is 0 Å². The summed E-state index contributed by atoms with van der Waals surface area (Å²) in [6.45, 7) is 0. The summed E-state index contributed by atoms with van der Waals surface area (Å²) in [5, 5.41) is 0. The number of para-hydroxylation sites is 2. The van der Waals surface area contributed by atoms with Crippen LogP contribution in [0.2, 0.25) is 0 Å². The van der Waals surface area contributed by atoms with Gasteiger partial charge in [0.2, 0.25) is 0 Å². The van der Waals surface area contributed by atoms with Gasteiger partial charge >= 0.3 is 0 Å². The molecule has 2 aliphatic rings. The molecular formula is C52H33N3O. The third-order valence-electron chi connectivity index (χ3n) is 11.2. The summed E-state index contributed by atoms with van der Waals surface area (Å²) in [4.78, 5) is 15.3. The highest BCUT2D eigenvalue weighted by molar-refractivity contribution is 5.97. The van der Waals surface area contributed by atoms with Crippen LogP contribution in [0, 0.1) is 0 Å². The molecule has 0 unspecified atom stereocenters. The van der Waals surface area contributed by atoms with Gasteiger partial charge in [-0.05, 0) is 62.7 Å². The first-order valence-corrected chi connectivity index (χ1v) is 18.9. The number of aromatic nitrogens is 3. The molecule has 4 heteroatoms. The average Bonchev–Trinajstić information content (AvgIpc) is 3.57. The molecular weight excluding hydrogens is 683 g/mol. The molecule has 8 aromatic carbocycles. The Labute approximate surface area is 325 Å². The lowest BCUT2D eigenvalue weighted by atomic mass is 9.66. The van der Waals surface area contributed by atoms with E-state index in [-0.39, 0.29) is 0 Å². The predicted octanol–water partition coefficient (Wildman–Crippen LogP) is 12.7. The molecule has 0 saturated carbocycles. The summed E-state index contributed by atoms with van der Waals surface area (Å²) in [6, 6.07) is 70.3. The van der Waals surface area contributed by atoms with Gasteiger partial charge in [0, 0.05) is 27.8 Å². The van der Waals surface area contributed by atoms with Crippen LogP contribution in [-0.4, -0.2) is 15.0 Å². The van der Waals surface area contributed by atoms with Crippen molar-refractivity contribution < 1.29 is 4.74 Å². The summed E-state index contributed by atoms with van der Waals surface area (Å²) in [6.07, 6.45) is 0. The summed E-state index contributed by atoms with van der Waals surface area (Å²) < 4.78 is 6.68.